The number of hydrogen-bond donors (Lipinski definition) is 0. The molecule has 6 heteroatoms. The molecule has 92 valence electrons. The average molecular weight is 232 g/mol. The van der Waals surface area contributed by atoms with Crippen molar-refractivity contribution in [1.82, 2.24) is 0 Å². The van der Waals surface area contributed by atoms with Crippen LogP contribution in [0.25, 0.3) is 0 Å². The number of hydrogen-bond acceptors (Lipinski definition) is 6. The van der Waals surface area contributed by atoms with Crippen LogP contribution in [0.1, 0.15) is 13.8 Å². The first-order chi connectivity index (χ1) is 7.58. The van der Waals surface area contributed by atoms with Gasteiger partial charge in [0.1, 0.15) is 25.4 Å². The van der Waals surface area contributed by atoms with Gasteiger partial charge in [-0.1, -0.05) is 0 Å². The summed E-state index contributed by atoms with van der Waals surface area (Å²) >= 11 is 0. The summed E-state index contributed by atoms with van der Waals surface area (Å²) in [6, 6.07) is 0. The van der Waals surface area contributed by atoms with E-state index >= 15 is 0 Å². The molecule has 0 aromatic heterocycles. The third-order valence-corrected chi connectivity index (χ3v) is 1.98. The summed E-state index contributed by atoms with van der Waals surface area (Å²) in [6.07, 6.45) is -0.477. The van der Waals surface area contributed by atoms with Gasteiger partial charge in [0.25, 0.3) is 0 Å². The number of rotatable bonds is 4. The molecule has 1 aliphatic rings. The molecule has 0 saturated carbocycles. The minimum atomic E-state index is -0.342. The van der Waals surface area contributed by atoms with Gasteiger partial charge in [0.05, 0.1) is 13.2 Å². The number of carbonyl (C=O) groups is 2. The maximum Gasteiger partial charge on any atom is 0.302 e. The van der Waals surface area contributed by atoms with E-state index in [-0.39, 0.29) is 37.4 Å². The van der Waals surface area contributed by atoms with Crippen molar-refractivity contribution in [2.75, 3.05) is 26.4 Å². The number of ether oxygens (including phenoxy) is 4. The van der Waals surface area contributed by atoms with Crippen molar-refractivity contribution in [3.05, 3.63) is 0 Å². The van der Waals surface area contributed by atoms with E-state index in [1.165, 1.54) is 13.8 Å². The highest BCUT2D eigenvalue weighted by Gasteiger charge is 2.23. The van der Waals surface area contributed by atoms with Crippen molar-refractivity contribution in [2.45, 2.75) is 26.1 Å². The molecule has 16 heavy (non-hydrogen) atoms. The van der Waals surface area contributed by atoms with E-state index in [0.717, 1.165) is 0 Å². The molecule has 0 bridgehead atoms. The molecule has 0 aromatic rings. The Balaban J connectivity index is 2.13. The summed E-state index contributed by atoms with van der Waals surface area (Å²) < 4.78 is 20.3. The third-order valence-electron chi connectivity index (χ3n) is 1.98. The van der Waals surface area contributed by atoms with E-state index in [0.29, 0.717) is 13.2 Å². The zero-order valence-electron chi connectivity index (χ0n) is 9.43. The Kier molecular flexibility index (Phi) is 5.21. The van der Waals surface area contributed by atoms with Crippen molar-refractivity contribution < 1.29 is 28.5 Å². The Labute approximate surface area is 93.8 Å². The smallest absolute Gasteiger partial charge is 0.302 e. The molecule has 0 radical (unpaired) electrons. The quantitative estimate of drug-likeness (QED) is 0.630. The maximum absolute atomic E-state index is 10.6. The van der Waals surface area contributed by atoms with Gasteiger partial charge in [-0.3, -0.25) is 9.59 Å². The van der Waals surface area contributed by atoms with Crippen molar-refractivity contribution >= 4 is 11.9 Å². The highest BCUT2D eigenvalue weighted by Crippen LogP contribution is 2.08. The van der Waals surface area contributed by atoms with Crippen LogP contribution in [-0.2, 0) is 28.5 Å². The average Bonchev–Trinajstić information content (AvgIpc) is 2.25. The van der Waals surface area contributed by atoms with Crippen LogP contribution in [0.4, 0.5) is 0 Å². The fraction of sp³-hybridized carbons (Fsp3) is 0.800. The minimum Gasteiger partial charge on any atom is -0.463 e. The number of carbonyl (C=O) groups excluding carboxylic acids is 2. The molecular formula is C10H16O6. The fourth-order valence-electron chi connectivity index (χ4n) is 1.20. The second kappa shape index (κ2) is 6.44. The monoisotopic (exact) mass is 232 g/mol. The molecule has 2 unspecified atom stereocenters. The van der Waals surface area contributed by atoms with Crippen molar-refractivity contribution in [1.29, 1.82) is 0 Å². The maximum atomic E-state index is 10.6. The SMILES string of the molecule is CC(=O)OCC1COC(COC(C)=O)CO1. The summed E-state index contributed by atoms with van der Waals surface area (Å²) in [7, 11) is 0. The first-order valence-electron chi connectivity index (χ1n) is 5.08. The Morgan fingerprint density at radius 2 is 1.38 bits per heavy atom. The van der Waals surface area contributed by atoms with Gasteiger partial charge in [-0.15, -0.1) is 0 Å². The molecule has 0 N–H and O–H groups in total. The molecule has 1 fully saturated rings. The number of esters is 2. The van der Waals surface area contributed by atoms with E-state index in [1.54, 1.807) is 0 Å². The molecule has 0 amide bonds. The summed E-state index contributed by atoms with van der Waals surface area (Å²) in [6.45, 7) is 3.73. The molecule has 6 nitrogen and oxygen atoms in total. The second-order valence-electron chi connectivity index (χ2n) is 3.52. The lowest BCUT2D eigenvalue weighted by atomic mass is 10.3. The molecule has 0 spiro atoms. The highest BCUT2D eigenvalue weighted by atomic mass is 16.6. The van der Waals surface area contributed by atoms with Crippen molar-refractivity contribution in [3.63, 3.8) is 0 Å². The van der Waals surface area contributed by atoms with Gasteiger partial charge in [0, 0.05) is 13.8 Å². The molecule has 1 aliphatic heterocycles. The van der Waals surface area contributed by atoms with E-state index in [1.807, 2.05) is 0 Å². The molecule has 1 heterocycles. The normalized spacial score (nSPS) is 24.9. The Bertz CT molecular complexity index is 218. The molecule has 1 saturated heterocycles. The Hall–Kier alpha value is -1.14. The van der Waals surface area contributed by atoms with E-state index in [4.69, 9.17) is 18.9 Å². The van der Waals surface area contributed by atoms with Crippen LogP contribution in [0.3, 0.4) is 0 Å². The molecule has 0 aliphatic carbocycles. The third kappa shape index (κ3) is 5.09. The van der Waals surface area contributed by atoms with Crippen LogP contribution >= 0.6 is 0 Å². The zero-order chi connectivity index (χ0) is 12.0. The van der Waals surface area contributed by atoms with Crippen LogP contribution in [0.5, 0.6) is 0 Å². The predicted octanol–water partition coefficient (Wildman–Crippen LogP) is -0.103. The lowest BCUT2D eigenvalue weighted by molar-refractivity contribution is -0.178. The second-order valence-corrected chi connectivity index (χ2v) is 3.52. The van der Waals surface area contributed by atoms with E-state index in [2.05, 4.69) is 0 Å². The van der Waals surface area contributed by atoms with Gasteiger partial charge in [0.2, 0.25) is 0 Å². The Morgan fingerprint density at radius 1 is 1.00 bits per heavy atom. The molecular weight excluding hydrogens is 216 g/mol. The lowest BCUT2D eigenvalue weighted by Gasteiger charge is -2.28. The standard InChI is InChI=1S/C10H16O6/c1-7(11)13-3-9-5-16-10(6-15-9)4-14-8(2)12/h9-10H,3-6H2,1-2H3. The van der Waals surface area contributed by atoms with Gasteiger partial charge in [0.15, 0.2) is 0 Å². The molecule has 2 atom stereocenters. The topological polar surface area (TPSA) is 71.1 Å². The van der Waals surface area contributed by atoms with Gasteiger partial charge < -0.3 is 18.9 Å². The summed E-state index contributed by atoms with van der Waals surface area (Å²) in [5.74, 6) is -0.684. The Morgan fingerprint density at radius 3 is 1.62 bits per heavy atom. The summed E-state index contributed by atoms with van der Waals surface area (Å²) in [4.78, 5) is 21.1. The van der Waals surface area contributed by atoms with Crippen LogP contribution in [-0.4, -0.2) is 50.6 Å². The van der Waals surface area contributed by atoms with Crippen LogP contribution in [0.15, 0.2) is 0 Å². The molecule has 0 aromatic carbocycles. The zero-order valence-corrected chi connectivity index (χ0v) is 9.43. The largest absolute Gasteiger partial charge is 0.463 e. The first-order valence-corrected chi connectivity index (χ1v) is 5.08. The summed E-state index contributed by atoms with van der Waals surface area (Å²) in [5.41, 5.74) is 0. The van der Waals surface area contributed by atoms with E-state index < -0.39 is 0 Å². The van der Waals surface area contributed by atoms with Crippen molar-refractivity contribution in [3.8, 4) is 0 Å². The van der Waals surface area contributed by atoms with Crippen LogP contribution in [0, 0.1) is 0 Å². The first kappa shape index (κ1) is 12.9. The van der Waals surface area contributed by atoms with Crippen LogP contribution < -0.4 is 0 Å². The van der Waals surface area contributed by atoms with Gasteiger partial charge in [-0.05, 0) is 0 Å². The molecule has 1 rings (SSSR count). The highest BCUT2D eigenvalue weighted by molar-refractivity contribution is 5.66. The predicted molar refractivity (Wildman–Crippen MR) is 52.7 cm³/mol. The van der Waals surface area contributed by atoms with Gasteiger partial charge >= 0.3 is 11.9 Å². The van der Waals surface area contributed by atoms with E-state index in [9.17, 15) is 9.59 Å². The summed E-state index contributed by atoms with van der Waals surface area (Å²) in [5, 5.41) is 0. The lowest BCUT2D eigenvalue weighted by Crippen LogP contribution is -2.40. The van der Waals surface area contributed by atoms with Gasteiger partial charge in [-0.25, -0.2) is 0 Å². The minimum absolute atomic E-state index is 0.190. The fourth-order valence-corrected chi connectivity index (χ4v) is 1.20. The van der Waals surface area contributed by atoms with Gasteiger partial charge in [-0.2, -0.15) is 0 Å². The van der Waals surface area contributed by atoms with Crippen molar-refractivity contribution in [2.24, 2.45) is 0 Å². The van der Waals surface area contributed by atoms with Crippen LogP contribution in [0.2, 0.25) is 0 Å².